The van der Waals surface area contributed by atoms with Crippen molar-refractivity contribution in [2.24, 2.45) is 5.73 Å². The number of rotatable bonds is 2. The van der Waals surface area contributed by atoms with E-state index in [0.717, 1.165) is 22.2 Å². The minimum atomic E-state index is -0.0191. The van der Waals surface area contributed by atoms with Gasteiger partial charge >= 0.3 is 0 Å². The Labute approximate surface area is 115 Å². The molecule has 3 nitrogen and oxygen atoms in total. The topological polar surface area (TPSA) is 65.7 Å². The van der Waals surface area contributed by atoms with E-state index in [4.69, 9.17) is 22.7 Å². The molecule has 0 spiro atoms. The van der Waals surface area contributed by atoms with Crippen LogP contribution >= 0.6 is 11.6 Å². The van der Waals surface area contributed by atoms with Gasteiger partial charge in [0, 0.05) is 22.2 Å². The van der Waals surface area contributed by atoms with Gasteiger partial charge in [-0.05, 0) is 23.8 Å². The Hall–Kier alpha value is -2.26. The molecule has 3 aromatic rings. The second-order valence-electron chi connectivity index (χ2n) is 4.38. The molecule has 0 unspecified atom stereocenters. The Morgan fingerprint density at radius 2 is 1.84 bits per heavy atom. The van der Waals surface area contributed by atoms with Gasteiger partial charge in [-0.1, -0.05) is 41.9 Å². The van der Waals surface area contributed by atoms with Crippen LogP contribution in [0.3, 0.4) is 0 Å². The number of halogens is 1. The highest BCUT2D eigenvalue weighted by Crippen LogP contribution is 2.28. The second kappa shape index (κ2) is 4.44. The molecular formula is C15H12ClN3. The van der Waals surface area contributed by atoms with Gasteiger partial charge in [0.15, 0.2) is 0 Å². The third kappa shape index (κ3) is 2.09. The van der Waals surface area contributed by atoms with Crippen molar-refractivity contribution in [2.45, 2.75) is 0 Å². The molecule has 2 aromatic carbocycles. The molecule has 0 atom stereocenters. The van der Waals surface area contributed by atoms with Gasteiger partial charge in [-0.15, -0.1) is 0 Å². The van der Waals surface area contributed by atoms with Crippen LogP contribution in [0.15, 0.2) is 48.5 Å². The Morgan fingerprint density at radius 3 is 2.53 bits per heavy atom. The molecule has 94 valence electrons. The molecule has 19 heavy (non-hydrogen) atoms. The summed E-state index contributed by atoms with van der Waals surface area (Å²) in [4.78, 5) is 3.32. The molecule has 1 aromatic heterocycles. The third-order valence-corrected chi connectivity index (χ3v) is 3.40. The predicted molar refractivity (Wildman–Crippen MR) is 79.8 cm³/mol. The van der Waals surface area contributed by atoms with Crippen LogP contribution in [0.5, 0.6) is 0 Å². The molecule has 0 aliphatic rings. The molecule has 4 heteroatoms. The van der Waals surface area contributed by atoms with Gasteiger partial charge in [-0.3, -0.25) is 5.41 Å². The largest absolute Gasteiger partial charge is 0.384 e. The van der Waals surface area contributed by atoms with Gasteiger partial charge in [0.25, 0.3) is 0 Å². The number of nitrogens with one attached hydrogen (secondary N) is 2. The summed E-state index contributed by atoms with van der Waals surface area (Å²) in [6, 6.07) is 15.7. The molecule has 4 N–H and O–H groups in total. The van der Waals surface area contributed by atoms with Crippen molar-refractivity contribution in [2.75, 3.05) is 0 Å². The lowest BCUT2D eigenvalue weighted by molar-refractivity contribution is 1.42. The summed E-state index contributed by atoms with van der Waals surface area (Å²) < 4.78 is 0. The van der Waals surface area contributed by atoms with E-state index in [2.05, 4.69) is 4.98 Å². The van der Waals surface area contributed by atoms with Crippen LogP contribution < -0.4 is 5.73 Å². The summed E-state index contributed by atoms with van der Waals surface area (Å²) in [6.45, 7) is 0. The van der Waals surface area contributed by atoms with E-state index in [-0.39, 0.29) is 5.84 Å². The molecule has 0 bridgehead atoms. The Balaban J connectivity index is 2.19. The van der Waals surface area contributed by atoms with Gasteiger partial charge in [0.2, 0.25) is 0 Å². The fourth-order valence-corrected chi connectivity index (χ4v) is 2.40. The first-order chi connectivity index (χ1) is 9.15. The van der Waals surface area contributed by atoms with E-state index in [9.17, 15) is 0 Å². The van der Waals surface area contributed by atoms with Crippen LogP contribution in [0, 0.1) is 5.41 Å². The lowest BCUT2D eigenvalue weighted by Gasteiger charge is -2.01. The molecule has 0 saturated carbocycles. The first-order valence-electron chi connectivity index (χ1n) is 5.87. The molecule has 0 radical (unpaired) electrons. The van der Waals surface area contributed by atoms with Gasteiger partial charge in [-0.2, -0.15) is 0 Å². The number of H-pyrrole nitrogens is 1. The van der Waals surface area contributed by atoms with Crippen molar-refractivity contribution < 1.29 is 0 Å². The molecule has 0 aliphatic heterocycles. The monoisotopic (exact) mass is 269 g/mol. The Morgan fingerprint density at radius 1 is 1.11 bits per heavy atom. The van der Waals surface area contributed by atoms with E-state index in [1.165, 1.54) is 0 Å². The van der Waals surface area contributed by atoms with Crippen molar-refractivity contribution in [1.82, 2.24) is 4.98 Å². The van der Waals surface area contributed by atoms with Crippen molar-refractivity contribution >= 4 is 28.3 Å². The number of aromatic nitrogens is 1. The maximum absolute atomic E-state index is 7.51. The number of nitrogens with two attached hydrogens (primary N) is 1. The van der Waals surface area contributed by atoms with Gasteiger partial charge in [-0.25, -0.2) is 0 Å². The lowest BCUT2D eigenvalue weighted by atomic mass is 10.1. The summed E-state index contributed by atoms with van der Waals surface area (Å²) in [5, 5.41) is 8.99. The van der Waals surface area contributed by atoms with E-state index < -0.39 is 0 Å². The van der Waals surface area contributed by atoms with Crippen LogP contribution in [0.1, 0.15) is 5.56 Å². The second-order valence-corrected chi connectivity index (χ2v) is 4.79. The highest BCUT2D eigenvalue weighted by Gasteiger charge is 2.09. The van der Waals surface area contributed by atoms with E-state index in [0.29, 0.717) is 10.6 Å². The van der Waals surface area contributed by atoms with E-state index in [1.807, 2.05) is 42.5 Å². The minimum absolute atomic E-state index is 0.0191. The smallest absolute Gasteiger partial charge is 0.124 e. The fourth-order valence-electron chi connectivity index (χ4n) is 2.13. The predicted octanol–water partition coefficient (Wildman–Crippen LogP) is 3.77. The number of hydrogen-bond donors (Lipinski definition) is 3. The molecule has 0 saturated heterocycles. The maximum Gasteiger partial charge on any atom is 0.124 e. The minimum Gasteiger partial charge on any atom is -0.384 e. The number of hydrogen-bond acceptors (Lipinski definition) is 1. The Kier molecular flexibility index (Phi) is 2.76. The number of amidine groups is 1. The van der Waals surface area contributed by atoms with Gasteiger partial charge < -0.3 is 10.7 Å². The Bertz CT molecular complexity index is 760. The fraction of sp³-hybridized carbons (Fsp3) is 0. The highest BCUT2D eigenvalue weighted by atomic mass is 35.5. The average molecular weight is 270 g/mol. The molecule has 3 rings (SSSR count). The zero-order valence-corrected chi connectivity index (χ0v) is 10.8. The number of nitrogen functional groups attached to an aromatic ring is 1. The molecule has 0 fully saturated rings. The summed E-state index contributed by atoms with van der Waals surface area (Å²) in [7, 11) is 0. The SMILES string of the molecule is N=C(N)c1cc2cc(-c3ccccc3)[nH]c2cc1Cl. The first kappa shape index (κ1) is 11.8. The zero-order valence-electron chi connectivity index (χ0n) is 10.1. The maximum atomic E-state index is 7.51. The number of benzene rings is 2. The van der Waals surface area contributed by atoms with Gasteiger partial charge in [0.1, 0.15) is 5.84 Å². The molecule has 1 heterocycles. The quantitative estimate of drug-likeness (QED) is 0.481. The summed E-state index contributed by atoms with van der Waals surface area (Å²) in [5.74, 6) is -0.0191. The van der Waals surface area contributed by atoms with Crippen LogP contribution in [-0.4, -0.2) is 10.8 Å². The molecule has 0 amide bonds. The third-order valence-electron chi connectivity index (χ3n) is 3.08. The summed E-state index contributed by atoms with van der Waals surface area (Å²) >= 11 is 6.11. The average Bonchev–Trinajstić information content (AvgIpc) is 2.81. The van der Waals surface area contributed by atoms with E-state index in [1.54, 1.807) is 6.07 Å². The number of fused-ring (bicyclic) bond motifs is 1. The van der Waals surface area contributed by atoms with Crippen molar-refractivity contribution in [3.8, 4) is 11.3 Å². The summed E-state index contributed by atoms with van der Waals surface area (Å²) in [5.41, 5.74) is 9.14. The first-order valence-corrected chi connectivity index (χ1v) is 6.25. The molecule has 0 aliphatic carbocycles. The van der Waals surface area contributed by atoms with Crippen LogP contribution in [0.4, 0.5) is 0 Å². The van der Waals surface area contributed by atoms with Crippen molar-refractivity contribution in [3.05, 3.63) is 59.1 Å². The summed E-state index contributed by atoms with van der Waals surface area (Å²) in [6.07, 6.45) is 0. The normalized spacial score (nSPS) is 10.8. The van der Waals surface area contributed by atoms with Crippen LogP contribution in [0.25, 0.3) is 22.2 Å². The lowest BCUT2D eigenvalue weighted by Crippen LogP contribution is -2.11. The highest BCUT2D eigenvalue weighted by molar-refractivity contribution is 6.34. The van der Waals surface area contributed by atoms with Crippen LogP contribution in [0.2, 0.25) is 5.02 Å². The standard InChI is InChI=1S/C15H12ClN3/c16-12-8-14-10(6-11(12)15(17)18)7-13(19-14)9-4-2-1-3-5-9/h1-8,19H,(H3,17,18). The molecular weight excluding hydrogens is 258 g/mol. The number of aromatic amines is 1. The zero-order chi connectivity index (χ0) is 13.4. The van der Waals surface area contributed by atoms with Crippen molar-refractivity contribution in [1.29, 1.82) is 5.41 Å². The van der Waals surface area contributed by atoms with Crippen LogP contribution in [-0.2, 0) is 0 Å². The van der Waals surface area contributed by atoms with Gasteiger partial charge in [0.05, 0.1) is 5.02 Å². The van der Waals surface area contributed by atoms with Crippen molar-refractivity contribution in [3.63, 3.8) is 0 Å². The van der Waals surface area contributed by atoms with E-state index >= 15 is 0 Å².